The molecule has 1 aromatic rings. The van der Waals surface area contributed by atoms with Crippen LogP contribution in [0.3, 0.4) is 0 Å². The summed E-state index contributed by atoms with van der Waals surface area (Å²) in [5.74, 6) is 1.30. The number of likely N-dealkylation sites (tertiary alicyclic amines) is 1. The lowest BCUT2D eigenvalue weighted by Gasteiger charge is -2.33. The zero-order chi connectivity index (χ0) is 14.0. The Bertz CT molecular complexity index is 416. The summed E-state index contributed by atoms with van der Waals surface area (Å²) >= 11 is 0. The third-order valence-electron chi connectivity index (χ3n) is 4.61. The zero-order valence-electron chi connectivity index (χ0n) is 12.8. The monoisotopic (exact) mass is 264 g/mol. The molecule has 4 nitrogen and oxygen atoms in total. The fourth-order valence-corrected chi connectivity index (χ4v) is 3.22. The summed E-state index contributed by atoms with van der Waals surface area (Å²) in [7, 11) is 2.02. The van der Waals surface area contributed by atoms with Crippen molar-refractivity contribution in [3.8, 4) is 0 Å². The summed E-state index contributed by atoms with van der Waals surface area (Å²) in [5, 5.41) is 4.53. The number of aryl methyl sites for hydroxylation is 2. The third-order valence-corrected chi connectivity index (χ3v) is 4.61. The van der Waals surface area contributed by atoms with Crippen molar-refractivity contribution in [1.29, 1.82) is 0 Å². The lowest BCUT2D eigenvalue weighted by molar-refractivity contribution is 0.183. The second kappa shape index (κ2) is 6.06. The van der Waals surface area contributed by atoms with Gasteiger partial charge in [0.25, 0.3) is 0 Å². The molecule has 0 aromatic carbocycles. The molecular formula is C15H28N4. The molecular weight excluding hydrogens is 236 g/mol. The maximum absolute atomic E-state index is 6.03. The maximum atomic E-state index is 6.03. The van der Waals surface area contributed by atoms with E-state index in [1.807, 2.05) is 11.7 Å². The van der Waals surface area contributed by atoms with E-state index in [2.05, 4.69) is 30.8 Å². The highest BCUT2D eigenvalue weighted by molar-refractivity contribution is 5.29. The van der Waals surface area contributed by atoms with Crippen LogP contribution >= 0.6 is 0 Å². The van der Waals surface area contributed by atoms with Crippen molar-refractivity contribution >= 4 is 0 Å². The smallest absolute Gasteiger partial charge is 0.0632 e. The molecule has 19 heavy (non-hydrogen) atoms. The molecule has 108 valence electrons. The summed E-state index contributed by atoms with van der Waals surface area (Å²) in [6.07, 6.45) is 2.64. The number of hydrogen-bond acceptors (Lipinski definition) is 3. The van der Waals surface area contributed by atoms with Gasteiger partial charge < -0.3 is 10.6 Å². The van der Waals surface area contributed by atoms with Gasteiger partial charge in [0, 0.05) is 37.3 Å². The molecule has 0 amide bonds. The van der Waals surface area contributed by atoms with Gasteiger partial charge in [0.05, 0.1) is 5.69 Å². The van der Waals surface area contributed by atoms with E-state index < -0.39 is 0 Å². The molecule has 1 unspecified atom stereocenters. The first-order valence-corrected chi connectivity index (χ1v) is 7.45. The molecule has 1 aliphatic heterocycles. The Morgan fingerprint density at radius 3 is 2.42 bits per heavy atom. The van der Waals surface area contributed by atoms with E-state index in [9.17, 15) is 0 Å². The molecule has 2 N–H and O–H groups in total. The summed E-state index contributed by atoms with van der Waals surface area (Å²) in [4.78, 5) is 2.57. The maximum Gasteiger partial charge on any atom is 0.0632 e. The van der Waals surface area contributed by atoms with Gasteiger partial charge in [-0.15, -0.1) is 0 Å². The number of rotatable bonds is 4. The fourth-order valence-electron chi connectivity index (χ4n) is 3.22. The average molecular weight is 264 g/mol. The minimum absolute atomic E-state index is 0.419. The number of piperidine rings is 1. The molecule has 0 bridgehead atoms. The molecule has 1 atom stereocenters. The number of nitrogens with zero attached hydrogens (tertiary/aromatic N) is 3. The summed E-state index contributed by atoms with van der Waals surface area (Å²) in [5.41, 5.74) is 9.80. The largest absolute Gasteiger partial charge is 0.330 e. The minimum Gasteiger partial charge on any atom is -0.330 e. The minimum atomic E-state index is 0.419. The van der Waals surface area contributed by atoms with Crippen molar-refractivity contribution in [3.63, 3.8) is 0 Å². The van der Waals surface area contributed by atoms with Crippen molar-refractivity contribution in [2.45, 2.75) is 39.5 Å². The van der Waals surface area contributed by atoms with Crippen LogP contribution < -0.4 is 5.73 Å². The van der Waals surface area contributed by atoms with Gasteiger partial charge in [0.2, 0.25) is 0 Å². The Morgan fingerprint density at radius 1 is 1.32 bits per heavy atom. The van der Waals surface area contributed by atoms with E-state index in [0.29, 0.717) is 12.5 Å². The van der Waals surface area contributed by atoms with E-state index in [1.165, 1.54) is 37.2 Å². The molecule has 0 aliphatic carbocycles. The van der Waals surface area contributed by atoms with Gasteiger partial charge in [0.15, 0.2) is 0 Å². The quantitative estimate of drug-likeness (QED) is 0.902. The lowest BCUT2D eigenvalue weighted by atomic mass is 9.94. The molecule has 1 aromatic heterocycles. The second-order valence-corrected chi connectivity index (χ2v) is 6.12. The predicted molar refractivity (Wildman–Crippen MR) is 79.3 cm³/mol. The van der Waals surface area contributed by atoms with Crippen LogP contribution in [0.4, 0.5) is 0 Å². The van der Waals surface area contributed by atoms with Gasteiger partial charge in [-0.2, -0.15) is 5.10 Å². The third kappa shape index (κ3) is 3.18. The van der Waals surface area contributed by atoms with E-state index in [1.54, 1.807) is 0 Å². The van der Waals surface area contributed by atoms with Crippen molar-refractivity contribution in [2.24, 2.45) is 18.7 Å². The van der Waals surface area contributed by atoms with Crippen molar-refractivity contribution in [1.82, 2.24) is 14.7 Å². The molecule has 0 saturated carbocycles. The first-order valence-electron chi connectivity index (χ1n) is 7.45. The standard InChI is InChI=1S/C15H28N4/c1-11-5-7-19(8-6-11)10-14(9-16)15-12(2)17-18(4)13(15)3/h11,14H,5-10,16H2,1-4H3. The van der Waals surface area contributed by atoms with Crippen LogP contribution in [0.1, 0.15) is 42.6 Å². The molecule has 1 saturated heterocycles. The molecule has 1 aliphatic rings. The highest BCUT2D eigenvalue weighted by Gasteiger charge is 2.23. The first-order chi connectivity index (χ1) is 9.02. The topological polar surface area (TPSA) is 47.1 Å². The van der Waals surface area contributed by atoms with Crippen LogP contribution in [-0.2, 0) is 7.05 Å². The number of hydrogen-bond donors (Lipinski definition) is 1. The van der Waals surface area contributed by atoms with Gasteiger partial charge in [0.1, 0.15) is 0 Å². The molecule has 1 fully saturated rings. The van der Waals surface area contributed by atoms with Crippen molar-refractivity contribution < 1.29 is 0 Å². The van der Waals surface area contributed by atoms with Gasteiger partial charge in [-0.25, -0.2) is 0 Å². The van der Waals surface area contributed by atoms with Gasteiger partial charge in [-0.05, 0) is 45.7 Å². The molecule has 4 heteroatoms. The fraction of sp³-hybridized carbons (Fsp3) is 0.800. The van der Waals surface area contributed by atoms with Crippen molar-refractivity contribution in [2.75, 3.05) is 26.2 Å². The average Bonchev–Trinajstić information content (AvgIpc) is 2.63. The summed E-state index contributed by atoms with van der Waals surface area (Å²) < 4.78 is 1.98. The van der Waals surface area contributed by atoms with Crippen LogP contribution in [0.25, 0.3) is 0 Å². The molecule has 2 rings (SSSR count). The van der Waals surface area contributed by atoms with Crippen LogP contribution in [0.5, 0.6) is 0 Å². The Hall–Kier alpha value is -0.870. The van der Waals surface area contributed by atoms with Crippen molar-refractivity contribution in [3.05, 3.63) is 17.0 Å². The Morgan fingerprint density at radius 2 is 1.95 bits per heavy atom. The molecule has 0 radical (unpaired) electrons. The van der Waals surface area contributed by atoms with E-state index in [4.69, 9.17) is 5.73 Å². The lowest BCUT2D eigenvalue weighted by Crippen LogP contribution is -2.37. The number of aromatic nitrogens is 2. The SMILES string of the molecule is Cc1nn(C)c(C)c1C(CN)CN1CCC(C)CC1. The van der Waals surface area contributed by atoms with Crippen LogP contribution in [0.15, 0.2) is 0 Å². The molecule has 0 spiro atoms. The van der Waals surface area contributed by atoms with E-state index >= 15 is 0 Å². The van der Waals surface area contributed by atoms with Gasteiger partial charge >= 0.3 is 0 Å². The predicted octanol–water partition coefficient (Wildman–Crippen LogP) is 1.81. The summed E-state index contributed by atoms with van der Waals surface area (Å²) in [6.45, 7) is 10.8. The van der Waals surface area contributed by atoms with E-state index in [-0.39, 0.29) is 0 Å². The second-order valence-electron chi connectivity index (χ2n) is 6.12. The van der Waals surface area contributed by atoms with Gasteiger partial charge in [-0.3, -0.25) is 4.68 Å². The Labute approximate surface area is 117 Å². The first kappa shape index (κ1) is 14.5. The summed E-state index contributed by atoms with van der Waals surface area (Å²) in [6, 6.07) is 0. The number of nitrogens with two attached hydrogens (primary N) is 1. The van der Waals surface area contributed by atoms with Crippen LogP contribution in [-0.4, -0.2) is 40.9 Å². The highest BCUT2D eigenvalue weighted by atomic mass is 15.3. The Balaban J connectivity index is 2.07. The highest BCUT2D eigenvalue weighted by Crippen LogP contribution is 2.25. The molecule has 2 heterocycles. The van der Waals surface area contributed by atoms with Crippen LogP contribution in [0.2, 0.25) is 0 Å². The van der Waals surface area contributed by atoms with Gasteiger partial charge in [-0.1, -0.05) is 6.92 Å². The zero-order valence-corrected chi connectivity index (χ0v) is 12.8. The normalized spacial score (nSPS) is 19.8. The Kier molecular flexibility index (Phi) is 4.63. The van der Waals surface area contributed by atoms with Crippen LogP contribution in [0, 0.1) is 19.8 Å². The van der Waals surface area contributed by atoms with E-state index in [0.717, 1.165) is 18.2 Å².